The smallest absolute Gasteiger partial charge is 0.0132 e. The molecule has 0 amide bonds. The van der Waals surface area contributed by atoms with Crippen molar-refractivity contribution in [2.45, 2.75) is 40.0 Å². The maximum absolute atomic E-state index is 2.24. The first-order valence-electron chi connectivity index (χ1n) is 7.89. The van der Waals surface area contributed by atoms with Crippen molar-refractivity contribution in [3.8, 4) is 0 Å². The molecule has 0 fully saturated rings. The average Bonchev–Trinajstić information content (AvgIpc) is 2.45. The Labute approximate surface area is 135 Å². The van der Waals surface area contributed by atoms with Gasteiger partial charge in [0.15, 0.2) is 0 Å². The van der Waals surface area contributed by atoms with Crippen molar-refractivity contribution in [1.82, 2.24) is 0 Å². The van der Waals surface area contributed by atoms with Gasteiger partial charge in [-0.25, -0.2) is 0 Å². The van der Waals surface area contributed by atoms with E-state index in [0.29, 0.717) is 0 Å². The molecule has 0 atom stereocenters. The highest BCUT2D eigenvalue weighted by Gasteiger charge is 2.12. The zero-order valence-electron chi connectivity index (χ0n) is 14.4. The summed E-state index contributed by atoms with van der Waals surface area (Å²) in [6, 6.07) is 15.2. The lowest BCUT2D eigenvalue weighted by Gasteiger charge is -2.18. The summed E-state index contributed by atoms with van der Waals surface area (Å²) in [6.45, 7) is 11.0. The van der Waals surface area contributed by atoms with Gasteiger partial charge in [-0.05, 0) is 47.1 Å². The topological polar surface area (TPSA) is 0 Å². The fourth-order valence-corrected chi connectivity index (χ4v) is 2.50. The van der Waals surface area contributed by atoms with Crippen LogP contribution in [0.25, 0.3) is 12.2 Å². The number of hydrogen-bond acceptors (Lipinski definition) is 0. The lowest BCUT2D eigenvalue weighted by Crippen LogP contribution is -2.10. The van der Waals surface area contributed by atoms with Crippen molar-refractivity contribution in [2.24, 2.45) is 0 Å². The van der Waals surface area contributed by atoms with E-state index in [0.717, 1.165) is 0 Å². The maximum Gasteiger partial charge on any atom is -0.0132 e. The Hall–Kier alpha value is -2.08. The van der Waals surface area contributed by atoms with Crippen molar-refractivity contribution in [1.29, 1.82) is 0 Å². The van der Waals surface area contributed by atoms with E-state index in [1.54, 1.807) is 0 Å². The summed E-state index contributed by atoms with van der Waals surface area (Å²) >= 11 is 0. The normalized spacial score (nSPS) is 12.4. The Morgan fingerprint density at radius 2 is 1.27 bits per heavy atom. The van der Waals surface area contributed by atoms with Crippen LogP contribution >= 0.6 is 0 Å². The molecule has 0 unspecified atom stereocenters. The zero-order valence-corrected chi connectivity index (χ0v) is 14.4. The van der Waals surface area contributed by atoms with Crippen LogP contribution in [0, 0.1) is 13.8 Å². The predicted octanol–water partition coefficient (Wildman–Crippen LogP) is 6.33. The lowest BCUT2D eigenvalue weighted by atomic mass is 9.87. The summed E-state index contributed by atoms with van der Waals surface area (Å²) < 4.78 is 0. The molecule has 0 nitrogen and oxygen atoms in total. The summed E-state index contributed by atoms with van der Waals surface area (Å²) in [5, 5.41) is 0. The van der Waals surface area contributed by atoms with E-state index in [2.05, 4.69) is 101 Å². The quantitative estimate of drug-likeness (QED) is 0.580. The van der Waals surface area contributed by atoms with Crippen LogP contribution in [-0.2, 0) is 5.41 Å². The number of benzene rings is 2. The van der Waals surface area contributed by atoms with E-state index in [1.807, 2.05) is 0 Å². The first kappa shape index (κ1) is 16.3. The molecule has 0 bridgehead atoms. The Kier molecular flexibility index (Phi) is 5.03. The third kappa shape index (κ3) is 4.21. The van der Waals surface area contributed by atoms with Gasteiger partial charge in [-0.1, -0.05) is 87.5 Å². The summed E-state index contributed by atoms with van der Waals surface area (Å²) in [7, 11) is 0. The fraction of sp³-hybridized carbons (Fsp3) is 0.273. The van der Waals surface area contributed by atoms with Gasteiger partial charge in [-0.15, -0.1) is 0 Å². The van der Waals surface area contributed by atoms with E-state index in [1.165, 1.54) is 27.8 Å². The van der Waals surface area contributed by atoms with E-state index in [9.17, 15) is 0 Å². The standard InChI is InChI=1S/C22H26/c1-17-9-8-10-18(2)21(17)12-7-6-11-19-13-15-20(16-14-19)22(3,4)5/h6-16H,1-5H3. The maximum atomic E-state index is 2.24. The average molecular weight is 290 g/mol. The molecule has 2 aromatic rings. The molecule has 0 aliphatic carbocycles. The highest BCUT2D eigenvalue weighted by atomic mass is 14.2. The van der Waals surface area contributed by atoms with Crippen LogP contribution in [0.15, 0.2) is 54.6 Å². The fourth-order valence-electron chi connectivity index (χ4n) is 2.50. The Morgan fingerprint density at radius 3 is 1.82 bits per heavy atom. The molecule has 0 heteroatoms. The summed E-state index contributed by atoms with van der Waals surface area (Å²) in [4.78, 5) is 0. The molecular weight excluding hydrogens is 264 g/mol. The molecule has 0 radical (unpaired) electrons. The van der Waals surface area contributed by atoms with Crippen LogP contribution in [0.5, 0.6) is 0 Å². The van der Waals surface area contributed by atoms with Gasteiger partial charge in [0.2, 0.25) is 0 Å². The monoisotopic (exact) mass is 290 g/mol. The van der Waals surface area contributed by atoms with Gasteiger partial charge in [-0.2, -0.15) is 0 Å². The zero-order chi connectivity index (χ0) is 16.2. The molecule has 0 aliphatic heterocycles. The van der Waals surface area contributed by atoms with Crippen LogP contribution in [0.3, 0.4) is 0 Å². The number of aryl methyl sites for hydroxylation is 2. The lowest BCUT2D eigenvalue weighted by molar-refractivity contribution is 0.590. The van der Waals surface area contributed by atoms with Gasteiger partial charge in [0.1, 0.15) is 0 Å². The summed E-state index contributed by atoms with van der Waals surface area (Å²) in [6.07, 6.45) is 8.56. The van der Waals surface area contributed by atoms with Crippen LogP contribution < -0.4 is 0 Å². The Balaban J connectivity index is 2.08. The van der Waals surface area contributed by atoms with Gasteiger partial charge in [-0.3, -0.25) is 0 Å². The van der Waals surface area contributed by atoms with Gasteiger partial charge in [0.05, 0.1) is 0 Å². The van der Waals surface area contributed by atoms with Crippen molar-refractivity contribution in [3.05, 3.63) is 82.4 Å². The van der Waals surface area contributed by atoms with Crippen molar-refractivity contribution >= 4 is 12.2 Å². The van der Waals surface area contributed by atoms with Crippen molar-refractivity contribution in [3.63, 3.8) is 0 Å². The SMILES string of the molecule is Cc1cccc(C)c1C=CC=Cc1ccc(C(C)(C)C)cc1. The highest BCUT2D eigenvalue weighted by molar-refractivity contribution is 5.61. The van der Waals surface area contributed by atoms with Gasteiger partial charge < -0.3 is 0 Å². The van der Waals surface area contributed by atoms with Crippen LogP contribution in [0.4, 0.5) is 0 Å². The molecule has 0 saturated carbocycles. The van der Waals surface area contributed by atoms with Crippen LogP contribution in [0.2, 0.25) is 0 Å². The molecule has 2 aromatic carbocycles. The largest absolute Gasteiger partial charge is 0.0617 e. The molecule has 2 rings (SSSR count). The second kappa shape index (κ2) is 6.79. The van der Waals surface area contributed by atoms with Crippen molar-refractivity contribution in [2.75, 3.05) is 0 Å². The molecule has 0 aliphatic rings. The molecule has 0 N–H and O–H groups in total. The molecular formula is C22H26. The second-order valence-electron chi connectivity index (χ2n) is 6.90. The summed E-state index contributed by atoms with van der Waals surface area (Å²) in [5.41, 5.74) is 6.77. The summed E-state index contributed by atoms with van der Waals surface area (Å²) in [5.74, 6) is 0. The molecule has 0 aromatic heterocycles. The minimum atomic E-state index is 0.213. The molecule has 0 heterocycles. The number of rotatable bonds is 3. The number of hydrogen-bond donors (Lipinski definition) is 0. The Bertz CT molecular complexity index is 657. The highest BCUT2D eigenvalue weighted by Crippen LogP contribution is 2.22. The first-order chi connectivity index (χ1) is 10.4. The van der Waals surface area contributed by atoms with E-state index in [-0.39, 0.29) is 5.41 Å². The molecule has 22 heavy (non-hydrogen) atoms. The third-order valence-corrected chi connectivity index (χ3v) is 3.98. The molecule has 0 saturated heterocycles. The van der Waals surface area contributed by atoms with E-state index in [4.69, 9.17) is 0 Å². The first-order valence-corrected chi connectivity index (χ1v) is 7.89. The van der Waals surface area contributed by atoms with Gasteiger partial charge in [0, 0.05) is 0 Å². The van der Waals surface area contributed by atoms with Gasteiger partial charge in [0.25, 0.3) is 0 Å². The number of allylic oxidation sites excluding steroid dienone is 2. The molecule has 0 spiro atoms. The second-order valence-corrected chi connectivity index (χ2v) is 6.90. The minimum Gasteiger partial charge on any atom is -0.0617 e. The molecule has 114 valence electrons. The van der Waals surface area contributed by atoms with Crippen LogP contribution in [0.1, 0.15) is 48.6 Å². The van der Waals surface area contributed by atoms with Gasteiger partial charge >= 0.3 is 0 Å². The van der Waals surface area contributed by atoms with Crippen LogP contribution in [-0.4, -0.2) is 0 Å². The third-order valence-electron chi connectivity index (χ3n) is 3.98. The predicted molar refractivity (Wildman–Crippen MR) is 99.1 cm³/mol. The van der Waals surface area contributed by atoms with Crippen molar-refractivity contribution < 1.29 is 0 Å². The Morgan fingerprint density at radius 1 is 0.727 bits per heavy atom. The minimum absolute atomic E-state index is 0.213. The van der Waals surface area contributed by atoms with E-state index < -0.39 is 0 Å². The van der Waals surface area contributed by atoms with E-state index >= 15 is 0 Å².